The molecule has 2 atom stereocenters. The molecule has 0 amide bonds. The molecule has 1 aromatic heterocycles. The van der Waals surface area contributed by atoms with E-state index in [2.05, 4.69) is 21.1 Å². The van der Waals surface area contributed by atoms with Crippen molar-refractivity contribution in [1.29, 1.82) is 5.26 Å². The maximum absolute atomic E-state index is 11.3. The highest BCUT2D eigenvalue weighted by Crippen LogP contribution is 2.47. The largest absolute Gasteiger partial charge is 0.366 e. The van der Waals surface area contributed by atoms with E-state index in [0.29, 0.717) is 12.2 Å². The monoisotopic (exact) mass is 415 g/mol. The summed E-state index contributed by atoms with van der Waals surface area (Å²) in [4.78, 5) is 17.8. The van der Waals surface area contributed by atoms with Crippen LogP contribution in [0, 0.1) is 28.4 Å². The van der Waals surface area contributed by atoms with Crippen molar-refractivity contribution in [2.45, 2.75) is 44.1 Å². The Morgan fingerprint density at radius 1 is 1.26 bits per heavy atom. The van der Waals surface area contributed by atoms with Crippen molar-refractivity contribution in [2.24, 2.45) is 0 Å². The zero-order chi connectivity index (χ0) is 21.6. The van der Waals surface area contributed by atoms with Gasteiger partial charge in [-0.25, -0.2) is 0 Å². The molecule has 0 saturated carbocycles. The van der Waals surface area contributed by atoms with Gasteiger partial charge in [0.25, 0.3) is 5.69 Å². The zero-order valence-electron chi connectivity index (χ0n) is 17.1. The normalized spacial score (nSPS) is 22.3. The van der Waals surface area contributed by atoms with Gasteiger partial charge in [-0.1, -0.05) is 35.0 Å². The van der Waals surface area contributed by atoms with E-state index in [0.717, 1.165) is 48.2 Å². The molecule has 3 aromatic rings. The number of anilines is 1. The minimum Gasteiger partial charge on any atom is -0.366 e. The molecule has 8 heteroatoms. The molecule has 31 heavy (non-hydrogen) atoms. The van der Waals surface area contributed by atoms with Crippen LogP contribution in [0.4, 0.5) is 11.4 Å². The average molecular weight is 415 g/mol. The number of benzene rings is 2. The lowest BCUT2D eigenvalue weighted by Crippen LogP contribution is -2.57. The van der Waals surface area contributed by atoms with Crippen LogP contribution < -0.4 is 4.90 Å². The third-order valence-electron chi connectivity index (χ3n) is 6.44. The molecule has 2 aromatic carbocycles. The minimum atomic E-state index is -1.06. The lowest BCUT2D eigenvalue weighted by Gasteiger charge is -2.48. The van der Waals surface area contributed by atoms with Crippen molar-refractivity contribution in [1.82, 2.24) is 10.1 Å². The summed E-state index contributed by atoms with van der Waals surface area (Å²) in [6.45, 7) is 2.80. The molecule has 0 spiro atoms. The number of hydrogen-bond acceptors (Lipinski definition) is 7. The molecule has 3 heterocycles. The second kappa shape index (κ2) is 7.20. The molecule has 0 aliphatic carbocycles. The van der Waals surface area contributed by atoms with Gasteiger partial charge < -0.3 is 9.42 Å². The fourth-order valence-electron chi connectivity index (χ4n) is 4.86. The first-order valence-corrected chi connectivity index (χ1v) is 10.4. The number of non-ortho nitro benzene ring substituents is 1. The summed E-state index contributed by atoms with van der Waals surface area (Å²) in [5.41, 5.74) is 2.64. The minimum absolute atomic E-state index is 0.0203. The average Bonchev–Trinajstić information content (AvgIpc) is 3.29. The van der Waals surface area contributed by atoms with E-state index in [-0.39, 0.29) is 17.6 Å². The highest BCUT2D eigenvalue weighted by molar-refractivity contribution is 5.64. The Kier molecular flexibility index (Phi) is 4.47. The Labute approximate surface area is 179 Å². The molecule has 1 fully saturated rings. The maximum Gasteiger partial charge on any atom is 0.269 e. The predicted octanol–water partition coefficient (Wildman–Crippen LogP) is 4.33. The molecule has 0 radical (unpaired) electrons. The number of nitriles is 1. The van der Waals surface area contributed by atoms with Crippen LogP contribution in [0.15, 0.2) is 47.0 Å². The Morgan fingerprint density at radius 3 is 2.81 bits per heavy atom. The number of nitro benzene ring substituents is 1. The van der Waals surface area contributed by atoms with Crippen LogP contribution >= 0.6 is 0 Å². The molecule has 8 nitrogen and oxygen atoms in total. The molecule has 0 unspecified atom stereocenters. The van der Waals surface area contributed by atoms with Crippen LogP contribution in [0.5, 0.6) is 0 Å². The zero-order valence-corrected chi connectivity index (χ0v) is 17.1. The van der Waals surface area contributed by atoms with E-state index >= 15 is 0 Å². The topological polar surface area (TPSA) is 109 Å². The predicted molar refractivity (Wildman–Crippen MR) is 114 cm³/mol. The van der Waals surface area contributed by atoms with Crippen molar-refractivity contribution < 1.29 is 9.45 Å². The number of rotatable bonds is 3. The lowest BCUT2D eigenvalue weighted by molar-refractivity contribution is -0.384. The summed E-state index contributed by atoms with van der Waals surface area (Å²) < 4.78 is 5.68. The van der Waals surface area contributed by atoms with Gasteiger partial charge in [-0.15, -0.1) is 0 Å². The number of nitro groups is 1. The van der Waals surface area contributed by atoms with E-state index in [1.165, 1.54) is 6.07 Å². The van der Waals surface area contributed by atoms with E-state index in [9.17, 15) is 15.4 Å². The summed E-state index contributed by atoms with van der Waals surface area (Å²) in [5.74, 6) is 0.719. The van der Waals surface area contributed by atoms with Gasteiger partial charge in [0.1, 0.15) is 0 Å². The maximum atomic E-state index is 11.3. The summed E-state index contributed by atoms with van der Waals surface area (Å²) >= 11 is 0. The third kappa shape index (κ3) is 3.05. The second-order valence-corrected chi connectivity index (χ2v) is 8.32. The molecule has 5 rings (SSSR count). The van der Waals surface area contributed by atoms with Crippen molar-refractivity contribution in [3.63, 3.8) is 0 Å². The number of fused-ring (bicyclic) bond motifs is 3. The van der Waals surface area contributed by atoms with Crippen LogP contribution in [0.1, 0.15) is 36.3 Å². The summed E-state index contributed by atoms with van der Waals surface area (Å²) in [5, 5.41) is 25.9. The molecule has 156 valence electrons. The molecular weight excluding hydrogens is 394 g/mol. The van der Waals surface area contributed by atoms with Gasteiger partial charge >= 0.3 is 0 Å². The first kappa shape index (κ1) is 19.2. The van der Waals surface area contributed by atoms with Gasteiger partial charge in [0.05, 0.1) is 17.0 Å². The first-order chi connectivity index (χ1) is 15.0. The number of aryl methyl sites for hydroxylation is 1. The lowest BCUT2D eigenvalue weighted by atomic mass is 9.69. The molecule has 2 aliphatic heterocycles. The van der Waals surface area contributed by atoms with Gasteiger partial charge in [-0.3, -0.25) is 10.1 Å². The van der Waals surface area contributed by atoms with Crippen LogP contribution in [0.2, 0.25) is 0 Å². The van der Waals surface area contributed by atoms with Gasteiger partial charge in [0.15, 0.2) is 5.41 Å². The summed E-state index contributed by atoms with van der Waals surface area (Å²) in [6, 6.07) is 15.1. The van der Waals surface area contributed by atoms with Gasteiger partial charge in [0.2, 0.25) is 11.7 Å². The molecule has 1 saturated heterocycles. The van der Waals surface area contributed by atoms with Crippen molar-refractivity contribution >= 4 is 11.4 Å². The number of hydrogen-bond donors (Lipinski definition) is 0. The highest BCUT2D eigenvalue weighted by atomic mass is 16.6. The first-order valence-electron chi connectivity index (χ1n) is 10.4. The molecule has 2 aliphatic rings. The Bertz CT molecular complexity index is 1200. The fourth-order valence-corrected chi connectivity index (χ4v) is 4.86. The fraction of sp³-hybridized carbons (Fsp3) is 0.348. The van der Waals surface area contributed by atoms with Crippen LogP contribution in [0.3, 0.4) is 0 Å². The van der Waals surface area contributed by atoms with Gasteiger partial charge in [-0.05, 0) is 37.8 Å². The molecular formula is C23H21N5O3. The smallest absolute Gasteiger partial charge is 0.269 e. The highest BCUT2D eigenvalue weighted by Gasteiger charge is 2.53. The molecule has 0 N–H and O–H groups in total. The van der Waals surface area contributed by atoms with Crippen molar-refractivity contribution in [3.8, 4) is 17.5 Å². The standard InChI is InChI=1S/C23H21N5O3/c1-15-5-7-16(8-6-15)21-25-22(31-26-21)23(14-24)13-17-12-18(28(29)30)9-10-19(17)27-11-3-2-4-20(23)27/h5-10,12,20H,2-4,11,13H2,1H3/t20-,23-/m0/s1. The number of nitrogens with zero attached hydrogens (tertiary/aromatic N) is 5. The molecule has 0 bridgehead atoms. The van der Waals surface area contributed by atoms with E-state index in [1.807, 2.05) is 31.2 Å². The van der Waals surface area contributed by atoms with Crippen LogP contribution in [0.25, 0.3) is 11.4 Å². The Hall–Kier alpha value is -3.73. The SMILES string of the molecule is Cc1ccc(-c2noc([C@]3(C#N)Cc4cc([N+](=O)[O-])ccc4N4CCCC[C@H]43)n2)cc1. The quantitative estimate of drug-likeness (QED) is 0.462. The van der Waals surface area contributed by atoms with Crippen molar-refractivity contribution in [2.75, 3.05) is 11.4 Å². The van der Waals surface area contributed by atoms with E-state index in [1.54, 1.807) is 12.1 Å². The number of aromatic nitrogens is 2. The van der Waals surface area contributed by atoms with Crippen LogP contribution in [-0.4, -0.2) is 27.7 Å². The second-order valence-electron chi connectivity index (χ2n) is 8.32. The van der Waals surface area contributed by atoms with Crippen LogP contribution in [-0.2, 0) is 11.8 Å². The summed E-state index contributed by atoms with van der Waals surface area (Å²) in [6.07, 6.45) is 3.14. The van der Waals surface area contributed by atoms with E-state index in [4.69, 9.17) is 4.52 Å². The van der Waals surface area contributed by atoms with Gasteiger partial charge in [0, 0.05) is 36.3 Å². The van der Waals surface area contributed by atoms with E-state index < -0.39 is 10.3 Å². The summed E-state index contributed by atoms with van der Waals surface area (Å²) in [7, 11) is 0. The van der Waals surface area contributed by atoms with Gasteiger partial charge in [-0.2, -0.15) is 10.2 Å². The Morgan fingerprint density at radius 2 is 2.06 bits per heavy atom. The van der Waals surface area contributed by atoms with Crippen molar-refractivity contribution in [3.05, 3.63) is 69.6 Å². The number of piperidine rings is 1. The third-order valence-corrected chi connectivity index (χ3v) is 6.44. The Balaban J connectivity index is 1.62.